The molecule has 4 atom stereocenters. The summed E-state index contributed by atoms with van der Waals surface area (Å²) >= 11 is 0. The Balaban J connectivity index is 1.29. The van der Waals surface area contributed by atoms with Crippen molar-refractivity contribution in [1.82, 2.24) is 24.1 Å². The molecule has 2 aromatic carbocycles. The number of fused-ring (bicyclic) bond motifs is 2. The molecule has 15 heteroatoms. The SMILES string of the molecule is COc1cccn(-c2ccc(CN3C(=O)[C@]4(O[C@H](CCn5cc(CCO)nn5)[C@@H]([Si](C)(C)O)[C@@H]4C)c4cc(-n5cccc(OC)c5=O)ccc43)cc2)c1=O. The molecule has 54 heavy (non-hydrogen) atoms. The second-order valence-corrected chi connectivity index (χ2v) is 18.3. The van der Waals surface area contributed by atoms with Crippen LogP contribution in [-0.4, -0.2) is 75.2 Å². The smallest absolute Gasteiger partial charge is 0.297 e. The van der Waals surface area contributed by atoms with Crippen LogP contribution in [0, 0.1) is 5.92 Å². The Morgan fingerprint density at radius 2 is 1.54 bits per heavy atom. The number of pyridine rings is 2. The van der Waals surface area contributed by atoms with Crippen LogP contribution in [0.15, 0.2) is 94.9 Å². The normalized spacial score (nSPS) is 20.8. The molecule has 3 aromatic heterocycles. The number of hydrogen-bond donors (Lipinski definition) is 2. The number of methoxy groups -OCH3 is 2. The van der Waals surface area contributed by atoms with E-state index in [-0.39, 0.29) is 47.2 Å². The summed E-state index contributed by atoms with van der Waals surface area (Å²) in [6, 6.07) is 19.5. The van der Waals surface area contributed by atoms with E-state index in [0.717, 1.165) is 5.56 Å². The van der Waals surface area contributed by atoms with E-state index in [4.69, 9.17) is 14.2 Å². The molecule has 7 rings (SSSR count). The molecule has 5 heterocycles. The van der Waals surface area contributed by atoms with Gasteiger partial charge in [0.2, 0.25) is 0 Å². The highest BCUT2D eigenvalue weighted by molar-refractivity contribution is 6.71. The largest absolute Gasteiger partial charge is 0.491 e. The number of carbonyl (C=O) groups excluding carboxylic acids is 1. The van der Waals surface area contributed by atoms with E-state index < -0.39 is 25.9 Å². The maximum absolute atomic E-state index is 15.1. The van der Waals surface area contributed by atoms with Gasteiger partial charge in [0.15, 0.2) is 25.4 Å². The average Bonchev–Trinajstić information content (AvgIpc) is 3.80. The molecule has 5 aromatic rings. The van der Waals surface area contributed by atoms with Crippen molar-refractivity contribution in [3.63, 3.8) is 0 Å². The fourth-order valence-corrected chi connectivity index (χ4v) is 10.8. The van der Waals surface area contributed by atoms with E-state index in [1.807, 2.05) is 56.4 Å². The van der Waals surface area contributed by atoms with Crippen LogP contribution in [-0.2, 0) is 34.6 Å². The Labute approximate surface area is 312 Å². The van der Waals surface area contributed by atoms with Crippen LogP contribution in [0.25, 0.3) is 11.4 Å². The van der Waals surface area contributed by atoms with Gasteiger partial charge in [-0.3, -0.25) is 28.2 Å². The number of carbonyl (C=O) groups is 1. The van der Waals surface area contributed by atoms with E-state index in [9.17, 15) is 19.5 Å². The standard InChI is InChI=1S/C39H44N6O8Si/c1-25-35(54(4,5)50)32(16-20-42-24-27(17-21-46)40-41-42)53-39(25)30-22-29(44-19-7-9-34(52-3)37(44)48)14-15-31(30)45(38(39)49)23-26-10-12-28(13-11-26)43-18-6-8-33(51-2)36(43)47/h6-15,18-19,22,24-25,32,35,46,50H,16-17,20-21,23H2,1-5H3/t25-,32+,35-,39+/m0/s1. The zero-order chi connectivity index (χ0) is 38.4. The van der Waals surface area contributed by atoms with Crippen LogP contribution in [0.4, 0.5) is 5.69 Å². The second kappa shape index (κ2) is 14.5. The lowest BCUT2D eigenvalue weighted by Gasteiger charge is -2.32. The van der Waals surface area contributed by atoms with Gasteiger partial charge in [0, 0.05) is 66.6 Å². The highest BCUT2D eigenvalue weighted by atomic mass is 28.4. The van der Waals surface area contributed by atoms with E-state index in [1.165, 1.54) is 23.4 Å². The Morgan fingerprint density at radius 1 is 0.907 bits per heavy atom. The summed E-state index contributed by atoms with van der Waals surface area (Å²) in [5, 5.41) is 17.7. The highest BCUT2D eigenvalue weighted by Gasteiger charge is 2.66. The third-order valence-corrected chi connectivity index (χ3v) is 13.2. The number of aromatic nitrogens is 5. The van der Waals surface area contributed by atoms with Gasteiger partial charge in [0.1, 0.15) is 0 Å². The van der Waals surface area contributed by atoms with Crippen molar-refractivity contribution in [3.05, 3.63) is 123 Å². The zero-order valence-corrected chi connectivity index (χ0v) is 31.9. The highest BCUT2D eigenvalue weighted by Crippen LogP contribution is 2.60. The van der Waals surface area contributed by atoms with Crippen molar-refractivity contribution in [3.8, 4) is 22.9 Å². The maximum Gasteiger partial charge on any atom is 0.297 e. The minimum absolute atomic E-state index is 0.0365. The summed E-state index contributed by atoms with van der Waals surface area (Å²) in [4.78, 5) is 54.9. The minimum atomic E-state index is -2.97. The zero-order valence-electron chi connectivity index (χ0n) is 30.9. The molecule has 0 saturated carbocycles. The molecule has 0 radical (unpaired) electrons. The molecule has 0 bridgehead atoms. The van der Waals surface area contributed by atoms with Gasteiger partial charge in [-0.05, 0) is 79.7 Å². The van der Waals surface area contributed by atoms with E-state index in [2.05, 4.69) is 10.3 Å². The minimum Gasteiger partial charge on any atom is -0.491 e. The Bertz CT molecular complexity index is 2300. The van der Waals surface area contributed by atoms with Crippen molar-refractivity contribution in [2.24, 2.45) is 5.92 Å². The lowest BCUT2D eigenvalue weighted by Crippen LogP contribution is -2.46. The number of hydrogen-bond acceptors (Lipinski definition) is 10. The number of aliphatic hydroxyl groups is 1. The number of rotatable bonds is 12. The Morgan fingerprint density at radius 3 is 2.15 bits per heavy atom. The van der Waals surface area contributed by atoms with Gasteiger partial charge >= 0.3 is 0 Å². The van der Waals surface area contributed by atoms with Gasteiger partial charge in [-0.25, -0.2) is 0 Å². The van der Waals surface area contributed by atoms with Crippen LogP contribution in [0.5, 0.6) is 11.5 Å². The van der Waals surface area contributed by atoms with Crippen molar-refractivity contribution < 1.29 is 28.9 Å². The first kappa shape index (κ1) is 37.0. The Kier molecular flexibility index (Phi) is 9.91. The summed E-state index contributed by atoms with van der Waals surface area (Å²) < 4.78 is 22.2. The van der Waals surface area contributed by atoms with Crippen molar-refractivity contribution in [2.75, 3.05) is 25.7 Å². The summed E-state index contributed by atoms with van der Waals surface area (Å²) in [6.07, 6.45) is 5.45. The predicted octanol–water partition coefficient (Wildman–Crippen LogP) is 3.57. The molecule has 0 aliphatic carbocycles. The molecule has 1 saturated heterocycles. The maximum atomic E-state index is 15.1. The molecule has 2 aliphatic rings. The van der Waals surface area contributed by atoms with E-state index in [1.54, 1.807) is 58.5 Å². The summed E-state index contributed by atoms with van der Waals surface area (Å²) in [7, 11) is -0.0717. The van der Waals surface area contributed by atoms with Gasteiger partial charge in [0.25, 0.3) is 17.0 Å². The number of amides is 1. The first-order valence-electron chi connectivity index (χ1n) is 17.9. The van der Waals surface area contributed by atoms with Crippen LogP contribution in [0.2, 0.25) is 18.6 Å². The van der Waals surface area contributed by atoms with Gasteiger partial charge in [-0.15, -0.1) is 5.10 Å². The summed E-state index contributed by atoms with van der Waals surface area (Å²) in [6.45, 7) is 6.32. The molecule has 2 aliphatic heterocycles. The monoisotopic (exact) mass is 752 g/mol. The van der Waals surface area contributed by atoms with Crippen molar-refractivity contribution in [1.29, 1.82) is 0 Å². The topological polar surface area (TPSA) is 163 Å². The third kappa shape index (κ3) is 6.36. The first-order chi connectivity index (χ1) is 25.9. The van der Waals surface area contributed by atoms with Gasteiger partial charge in [0.05, 0.1) is 38.2 Å². The average molecular weight is 753 g/mol. The number of benzene rings is 2. The number of aryl methyl sites for hydroxylation is 1. The summed E-state index contributed by atoms with van der Waals surface area (Å²) in [5.74, 6) is -0.291. The quantitative estimate of drug-likeness (QED) is 0.180. The van der Waals surface area contributed by atoms with Crippen LogP contribution in [0.1, 0.15) is 30.2 Å². The van der Waals surface area contributed by atoms with Crippen LogP contribution in [0.3, 0.4) is 0 Å². The van der Waals surface area contributed by atoms with Crippen LogP contribution >= 0.6 is 0 Å². The number of aliphatic hydroxyl groups excluding tert-OH is 1. The van der Waals surface area contributed by atoms with E-state index >= 15 is 4.79 Å². The molecule has 1 spiro atoms. The lowest BCUT2D eigenvalue weighted by molar-refractivity contribution is -0.146. The molecule has 1 amide bonds. The predicted molar refractivity (Wildman–Crippen MR) is 203 cm³/mol. The number of anilines is 1. The molecular weight excluding hydrogens is 709 g/mol. The molecular formula is C39H44N6O8Si. The van der Waals surface area contributed by atoms with Gasteiger partial charge < -0.3 is 29.0 Å². The first-order valence-corrected chi connectivity index (χ1v) is 20.9. The molecule has 14 nitrogen and oxygen atoms in total. The summed E-state index contributed by atoms with van der Waals surface area (Å²) in [5.41, 5.74) is 1.49. The lowest BCUT2D eigenvalue weighted by atomic mass is 9.82. The molecule has 2 N–H and O–H groups in total. The van der Waals surface area contributed by atoms with E-state index in [0.29, 0.717) is 47.7 Å². The second-order valence-electron chi connectivity index (χ2n) is 14.4. The number of nitrogens with zero attached hydrogens (tertiary/aromatic N) is 6. The fourth-order valence-electron chi connectivity index (χ4n) is 8.19. The number of ether oxygens (including phenoxy) is 3. The van der Waals surface area contributed by atoms with Crippen LogP contribution < -0.4 is 25.5 Å². The van der Waals surface area contributed by atoms with Gasteiger partial charge in [-0.2, -0.15) is 0 Å². The Hall–Kier alpha value is -5.35. The van der Waals surface area contributed by atoms with Crippen molar-refractivity contribution in [2.45, 2.75) is 63.2 Å². The molecule has 0 unspecified atom stereocenters. The molecule has 1 fully saturated rings. The molecule has 282 valence electrons. The fraction of sp³-hybridized carbons (Fsp3) is 0.359. The van der Waals surface area contributed by atoms with Crippen molar-refractivity contribution >= 4 is 19.9 Å². The third-order valence-electron chi connectivity index (χ3n) is 10.7. The van der Waals surface area contributed by atoms with Gasteiger partial charge in [-0.1, -0.05) is 24.3 Å².